The molecule has 0 spiro atoms. The molecule has 4 nitrogen and oxygen atoms in total. The Morgan fingerprint density at radius 3 is 2.59 bits per heavy atom. The molecule has 1 aromatic carbocycles. The highest BCUT2D eigenvalue weighted by molar-refractivity contribution is 5.72. The monoisotopic (exact) mass is 237 g/mol. The van der Waals surface area contributed by atoms with Crippen LogP contribution in [0.3, 0.4) is 0 Å². The Morgan fingerprint density at radius 1 is 1.41 bits per heavy atom. The zero-order valence-corrected chi connectivity index (χ0v) is 10.2. The summed E-state index contributed by atoms with van der Waals surface area (Å²) < 4.78 is 5.36. The molecule has 0 saturated heterocycles. The van der Waals surface area contributed by atoms with Gasteiger partial charge in [-0.3, -0.25) is 0 Å². The third-order valence-electron chi connectivity index (χ3n) is 2.36. The van der Waals surface area contributed by atoms with Crippen LogP contribution in [0.4, 0.5) is 0 Å². The average molecular weight is 237 g/mol. The largest absolute Gasteiger partial charge is 0.479 e. The van der Waals surface area contributed by atoms with Crippen LogP contribution in [0.2, 0.25) is 0 Å². The van der Waals surface area contributed by atoms with Gasteiger partial charge in [0.25, 0.3) is 0 Å². The number of ether oxygens (including phenoxy) is 1. The smallest absolute Gasteiger partial charge is 0.333 e. The van der Waals surface area contributed by atoms with E-state index in [0.717, 1.165) is 11.1 Å². The Morgan fingerprint density at radius 2 is 2.06 bits per heavy atom. The summed E-state index contributed by atoms with van der Waals surface area (Å²) >= 11 is 0. The Hall–Kier alpha value is -1.39. The fourth-order valence-corrected chi connectivity index (χ4v) is 1.62. The van der Waals surface area contributed by atoms with E-state index in [1.807, 2.05) is 38.1 Å². The number of benzene rings is 1. The molecule has 0 heterocycles. The van der Waals surface area contributed by atoms with Crippen molar-refractivity contribution in [1.82, 2.24) is 0 Å². The van der Waals surface area contributed by atoms with Crippen molar-refractivity contribution >= 4 is 5.97 Å². The third-order valence-corrected chi connectivity index (χ3v) is 2.36. The summed E-state index contributed by atoms with van der Waals surface area (Å²) in [6.07, 6.45) is -0.543. The summed E-state index contributed by atoms with van der Waals surface area (Å²) in [6, 6.07) is 7.60. The van der Waals surface area contributed by atoms with Gasteiger partial charge in [0.15, 0.2) is 6.10 Å². The van der Waals surface area contributed by atoms with E-state index in [0.29, 0.717) is 13.0 Å². The number of hydrogen-bond acceptors (Lipinski definition) is 3. The SMILES string of the molecule is CC(C)O[C@@H](Cc1cccc(CN)c1)C(=O)O. The van der Waals surface area contributed by atoms with Crippen molar-refractivity contribution in [2.24, 2.45) is 5.73 Å². The van der Waals surface area contributed by atoms with Gasteiger partial charge in [-0.25, -0.2) is 4.79 Å². The molecule has 0 aliphatic heterocycles. The van der Waals surface area contributed by atoms with Crippen LogP contribution in [0.15, 0.2) is 24.3 Å². The summed E-state index contributed by atoms with van der Waals surface area (Å²) in [7, 11) is 0. The maximum atomic E-state index is 11.0. The lowest BCUT2D eigenvalue weighted by Crippen LogP contribution is -2.29. The number of carbonyl (C=O) groups is 1. The number of carboxylic acid groups (broad SMARTS) is 1. The molecule has 94 valence electrons. The Kier molecular flexibility index (Phi) is 5.12. The molecule has 0 fully saturated rings. The molecular weight excluding hydrogens is 218 g/mol. The van der Waals surface area contributed by atoms with E-state index in [1.54, 1.807) is 0 Å². The Balaban J connectivity index is 2.74. The third kappa shape index (κ3) is 4.54. The van der Waals surface area contributed by atoms with Crippen molar-refractivity contribution in [3.8, 4) is 0 Å². The molecule has 0 saturated carbocycles. The molecule has 1 rings (SSSR count). The highest BCUT2D eigenvalue weighted by Gasteiger charge is 2.19. The number of carboxylic acids is 1. The molecule has 17 heavy (non-hydrogen) atoms. The second kappa shape index (κ2) is 6.37. The van der Waals surface area contributed by atoms with E-state index < -0.39 is 12.1 Å². The van der Waals surface area contributed by atoms with Gasteiger partial charge < -0.3 is 15.6 Å². The first kappa shape index (κ1) is 13.7. The van der Waals surface area contributed by atoms with Crippen molar-refractivity contribution in [1.29, 1.82) is 0 Å². The predicted octanol–water partition coefficient (Wildman–Crippen LogP) is 1.57. The molecule has 1 aromatic rings. The predicted molar refractivity (Wildman–Crippen MR) is 65.7 cm³/mol. The van der Waals surface area contributed by atoms with Crippen LogP contribution in [0.25, 0.3) is 0 Å². The zero-order valence-electron chi connectivity index (χ0n) is 10.2. The van der Waals surface area contributed by atoms with Gasteiger partial charge in [0.2, 0.25) is 0 Å². The van der Waals surface area contributed by atoms with Crippen molar-refractivity contribution in [3.05, 3.63) is 35.4 Å². The fraction of sp³-hybridized carbons (Fsp3) is 0.462. The first-order chi connectivity index (χ1) is 8.02. The van der Waals surface area contributed by atoms with Crippen molar-refractivity contribution in [3.63, 3.8) is 0 Å². The second-order valence-corrected chi connectivity index (χ2v) is 4.24. The van der Waals surface area contributed by atoms with E-state index >= 15 is 0 Å². The summed E-state index contributed by atoms with van der Waals surface area (Å²) in [6.45, 7) is 4.11. The van der Waals surface area contributed by atoms with Crippen molar-refractivity contribution < 1.29 is 14.6 Å². The maximum absolute atomic E-state index is 11.0. The quantitative estimate of drug-likeness (QED) is 0.787. The van der Waals surface area contributed by atoms with Gasteiger partial charge in [0.1, 0.15) is 0 Å². The molecule has 0 aliphatic rings. The average Bonchev–Trinajstić information content (AvgIpc) is 2.27. The molecule has 0 aliphatic carbocycles. The minimum Gasteiger partial charge on any atom is -0.479 e. The van der Waals surface area contributed by atoms with Gasteiger partial charge in [-0.2, -0.15) is 0 Å². The lowest BCUT2D eigenvalue weighted by molar-refractivity contribution is -0.153. The molecule has 0 unspecified atom stereocenters. The number of aliphatic carboxylic acids is 1. The number of hydrogen-bond donors (Lipinski definition) is 2. The standard InChI is InChI=1S/C13H19NO3/c1-9(2)17-12(13(15)16)7-10-4-3-5-11(6-10)8-14/h3-6,9,12H,7-8,14H2,1-2H3,(H,15,16)/t12-/m0/s1. The van der Waals surface area contributed by atoms with Crippen LogP contribution in [0.1, 0.15) is 25.0 Å². The van der Waals surface area contributed by atoms with E-state index in [9.17, 15) is 4.79 Å². The van der Waals surface area contributed by atoms with Gasteiger partial charge in [-0.1, -0.05) is 24.3 Å². The molecule has 4 heteroatoms. The summed E-state index contributed by atoms with van der Waals surface area (Å²) in [5.41, 5.74) is 7.47. The highest BCUT2D eigenvalue weighted by Crippen LogP contribution is 2.11. The molecule has 1 atom stereocenters. The van der Waals surface area contributed by atoms with E-state index in [1.165, 1.54) is 0 Å². The van der Waals surface area contributed by atoms with Gasteiger partial charge in [-0.15, -0.1) is 0 Å². The summed E-state index contributed by atoms with van der Waals surface area (Å²) in [5, 5.41) is 9.06. The van der Waals surface area contributed by atoms with E-state index in [4.69, 9.17) is 15.6 Å². The lowest BCUT2D eigenvalue weighted by atomic mass is 10.0. The van der Waals surface area contributed by atoms with Crippen LogP contribution >= 0.6 is 0 Å². The lowest BCUT2D eigenvalue weighted by Gasteiger charge is -2.16. The highest BCUT2D eigenvalue weighted by atomic mass is 16.5. The topological polar surface area (TPSA) is 72.5 Å². The zero-order chi connectivity index (χ0) is 12.8. The van der Waals surface area contributed by atoms with Crippen LogP contribution in [0.5, 0.6) is 0 Å². The minimum absolute atomic E-state index is 0.103. The molecular formula is C13H19NO3. The molecule has 0 aromatic heterocycles. The first-order valence-corrected chi connectivity index (χ1v) is 5.69. The Bertz CT molecular complexity index is 377. The van der Waals surface area contributed by atoms with Crippen molar-refractivity contribution in [2.75, 3.05) is 0 Å². The first-order valence-electron chi connectivity index (χ1n) is 5.69. The minimum atomic E-state index is -0.933. The molecule has 0 bridgehead atoms. The molecule has 3 N–H and O–H groups in total. The second-order valence-electron chi connectivity index (χ2n) is 4.24. The molecule has 0 radical (unpaired) electrons. The fourth-order valence-electron chi connectivity index (χ4n) is 1.62. The van der Waals surface area contributed by atoms with E-state index in [2.05, 4.69) is 0 Å². The summed E-state index contributed by atoms with van der Waals surface area (Å²) in [4.78, 5) is 11.0. The maximum Gasteiger partial charge on any atom is 0.333 e. The van der Waals surface area contributed by atoms with Crippen molar-refractivity contribution in [2.45, 2.75) is 39.0 Å². The van der Waals surface area contributed by atoms with Gasteiger partial charge in [0.05, 0.1) is 6.10 Å². The molecule has 0 amide bonds. The Labute approximate surface area is 101 Å². The normalized spacial score (nSPS) is 12.7. The van der Waals surface area contributed by atoms with Gasteiger partial charge in [0, 0.05) is 13.0 Å². The number of rotatable bonds is 6. The summed E-state index contributed by atoms with van der Waals surface area (Å²) in [5.74, 6) is -0.933. The van der Waals surface area contributed by atoms with Crippen LogP contribution in [-0.2, 0) is 22.5 Å². The van der Waals surface area contributed by atoms with Crippen LogP contribution in [-0.4, -0.2) is 23.3 Å². The van der Waals surface area contributed by atoms with Gasteiger partial charge in [-0.05, 0) is 25.0 Å². The van der Waals surface area contributed by atoms with Crippen LogP contribution < -0.4 is 5.73 Å². The van der Waals surface area contributed by atoms with Gasteiger partial charge >= 0.3 is 5.97 Å². The number of nitrogens with two attached hydrogens (primary N) is 1. The van der Waals surface area contributed by atoms with Crippen LogP contribution in [0, 0.1) is 0 Å². The van der Waals surface area contributed by atoms with E-state index in [-0.39, 0.29) is 6.10 Å².